The molecule has 20 heavy (non-hydrogen) atoms. The number of carbonyl (C=O) groups excluding carboxylic acids is 1. The molecule has 108 valence electrons. The number of carboxylic acid groups (broad SMARTS) is 1. The van der Waals surface area contributed by atoms with E-state index < -0.39 is 18.2 Å². The second-order valence-electron chi connectivity index (χ2n) is 4.89. The second kappa shape index (κ2) is 5.92. The largest absolute Gasteiger partial charge is 0.508 e. The van der Waals surface area contributed by atoms with Crippen LogP contribution in [0.1, 0.15) is 18.4 Å². The van der Waals surface area contributed by atoms with Gasteiger partial charge in [-0.15, -0.1) is 0 Å². The number of benzene rings is 1. The number of amides is 1. The molecule has 1 aromatic carbocycles. The highest BCUT2D eigenvalue weighted by Gasteiger charge is 2.35. The van der Waals surface area contributed by atoms with Gasteiger partial charge in [-0.05, 0) is 30.5 Å². The molecule has 0 aliphatic carbocycles. The van der Waals surface area contributed by atoms with E-state index in [9.17, 15) is 14.7 Å². The summed E-state index contributed by atoms with van der Waals surface area (Å²) in [5.41, 5.74) is 0.800. The van der Waals surface area contributed by atoms with Gasteiger partial charge >= 0.3 is 5.97 Å². The molecule has 6 nitrogen and oxygen atoms in total. The minimum Gasteiger partial charge on any atom is -0.508 e. The molecule has 0 saturated carbocycles. The molecule has 0 spiro atoms. The zero-order chi connectivity index (χ0) is 14.7. The first-order valence-corrected chi connectivity index (χ1v) is 6.38. The number of aliphatic carboxylic acids is 1. The predicted molar refractivity (Wildman–Crippen MR) is 70.1 cm³/mol. The van der Waals surface area contributed by atoms with E-state index in [0.717, 1.165) is 5.56 Å². The highest BCUT2D eigenvalue weighted by atomic mass is 16.5. The normalized spacial score (nSPS) is 21.6. The predicted octanol–water partition coefficient (Wildman–Crippen LogP) is 0.983. The van der Waals surface area contributed by atoms with Gasteiger partial charge < -0.3 is 19.8 Å². The summed E-state index contributed by atoms with van der Waals surface area (Å²) in [4.78, 5) is 24.4. The van der Waals surface area contributed by atoms with E-state index in [1.807, 2.05) is 0 Å². The Bertz CT molecular complexity index is 516. The van der Waals surface area contributed by atoms with Crippen molar-refractivity contribution in [1.82, 2.24) is 4.90 Å². The lowest BCUT2D eigenvalue weighted by molar-refractivity contribution is -0.154. The van der Waals surface area contributed by atoms with Crippen molar-refractivity contribution < 1.29 is 24.5 Å². The summed E-state index contributed by atoms with van der Waals surface area (Å²) in [5.74, 6) is -1.13. The van der Waals surface area contributed by atoms with Gasteiger partial charge in [-0.25, -0.2) is 4.79 Å². The first kappa shape index (κ1) is 14.3. The first-order valence-electron chi connectivity index (χ1n) is 6.38. The van der Waals surface area contributed by atoms with Crippen LogP contribution in [0.4, 0.5) is 0 Å². The van der Waals surface area contributed by atoms with Crippen LogP contribution in [-0.2, 0) is 20.9 Å². The molecule has 6 heteroatoms. The number of nitrogens with zero attached hydrogens (tertiary/aromatic N) is 1. The number of likely N-dealkylation sites (N-methyl/N-ethyl adjacent to an activating group) is 1. The first-order chi connectivity index (χ1) is 9.47. The minimum absolute atomic E-state index is 0.145. The van der Waals surface area contributed by atoms with E-state index in [4.69, 9.17) is 9.84 Å². The summed E-state index contributed by atoms with van der Waals surface area (Å²) >= 11 is 0. The van der Waals surface area contributed by atoms with Gasteiger partial charge in [0.05, 0.1) is 0 Å². The van der Waals surface area contributed by atoms with Crippen LogP contribution in [0.25, 0.3) is 0 Å². The van der Waals surface area contributed by atoms with Crippen LogP contribution in [0.3, 0.4) is 0 Å². The van der Waals surface area contributed by atoms with Gasteiger partial charge in [-0.1, -0.05) is 12.1 Å². The molecule has 1 heterocycles. The van der Waals surface area contributed by atoms with Crippen LogP contribution in [-0.4, -0.2) is 46.2 Å². The topological polar surface area (TPSA) is 87.1 Å². The van der Waals surface area contributed by atoms with Crippen LogP contribution in [0.5, 0.6) is 5.75 Å². The summed E-state index contributed by atoms with van der Waals surface area (Å²) in [6.07, 6.45) is -0.817. The van der Waals surface area contributed by atoms with E-state index in [0.29, 0.717) is 19.4 Å². The van der Waals surface area contributed by atoms with Crippen molar-refractivity contribution in [3.63, 3.8) is 0 Å². The average molecular weight is 279 g/mol. The Morgan fingerprint density at radius 1 is 1.35 bits per heavy atom. The lowest BCUT2D eigenvalue weighted by Crippen LogP contribution is -2.36. The fourth-order valence-electron chi connectivity index (χ4n) is 2.25. The molecule has 1 aliphatic rings. The van der Waals surface area contributed by atoms with E-state index >= 15 is 0 Å². The number of hydrogen-bond acceptors (Lipinski definition) is 4. The third-order valence-electron chi connectivity index (χ3n) is 3.28. The van der Waals surface area contributed by atoms with Gasteiger partial charge in [0, 0.05) is 13.6 Å². The fourth-order valence-corrected chi connectivity index (χ4v) is 2.25. The molecule has 0 aromatic heterocycles. The van der Waals surface area contributed by atoms with Gasteiger partial charge in [-0.3, -0.25) is 4.79 Å². The van der Waals surface area contributed by atoms with Crippen LogP contribution in [0.15, 0.2) is 24.3 Å². The van der Waals surface area contributed by atoms with Crippen molar-refractivity contribution in [2.24, 2.45) is 0 Å². The van der Waals surface area contributed by atoms with Crippen molar-refractivity contribution in [2.45, 2.75) is 31.6 Å². The molecular weight excluding hydrogens is 262 g/mol. The summed E-state index contributed by atoms with van der Waals surface area (Å²) in [6, 6.07) is 6.65. The Kier molecular flexibility index (Phi) is 4.24. The van der Waals surface area contributed by atoms with Gasteiger partial charge in [0.25, 0.3) is 5.91 Å². The molecule has 1 amide bonds. The van der Waals surface area contributed by atoms with Crippen LogP contribution >= 0.6 is 0 Å². The number of phenolic OH excluding ortho intramolecular Hbond substituents is 1. The van der Waals surface area contributed by atoms with Gasteiger partial charge in [0.2, 0.25) is 0 Å². The molecule has 2 N–H and O–H groups in total. The lowest BCUT2D eigenvalue weighted by atomic mass is 10.1. The molecular formula is C14H17NO5. The zero-order valence-electron chi connectivity index (χ0n) is 11.2. The fraction of sp³-hybridized carbons (Fsp3) is 0.429. The maximum absolute atomic E-state index is 12.1. The molecule has 1 saturated heterocycles. The van der Waals surface area contributed by atoms with Crippen molar-refractivity contribution in [2.75, 3.05) is 7.05 Å². The lowest BCUT2D eigenvalue weighted by Gasteiger charge is -2.21. The van der Waals surface area contributed by atoms with E-state index in [1.165, 1.54) is 4.90 Å². The number of ether oxygens (including phenoxy) is 1. The van der Waals surface area contributed by atoms with Crippen molar-refractivity contribution in [3.8, 4) is 5.75 Å². The minimum atomic E-state index is -1.03. The number of phenols is 1. The summed E-state index contributed by atoms with van der Waals surface area (Å²) < 4.78 is 5.23. The Labute approximate surface area is 116 Å². The third kappa shape index (κ3) is 3.27. The number of carbonyl (C=O) groups is 2. The Morgan fingerprint density at radius 2 is 2.05 bits per heavy atom. The Balaban J connectivity index is 1.94. The van der Waals surface area contributed by atoms with E-state index in [-0.39, 0.29) is 11.7 Å². The van der Waals surface area contributed by atoms with Gasteiger partial charge in [-0.2, -0.15) is 0 Å². The molecule has 0 bridgehead atoms. The highest BCUT2D eigenvalue weighted by Crippen LogP contribution is 2.22. The average Bonchev–Trinajstić information content (AvgIpc) is 2.87. The standard InChI is InChI=1S/C14H17NO5/c1-15(8-9-3-2-4-10(16)7-9)13(17)11-5-6-12(20-11)14(18)19/h2-4,7,11-12,16H,5-6,8H2,1H3,(H,18,19). The number of hydrogen-bond donors (Lipinski definition) is 2. The maximum Gasteiger partial charge on any atom is 0.332 e. The molecule has 2 atom stereocenters. The van der Waals surface area contributed by atoms with E-state index in [1.54, 1.807) is 31.3 Å². The van der Waals surface area contributed by atoms with E-state index in [2.05, 4.69) is 0 Å². The molecule has 0 radical (unpaired) electrons. The van der Waals surface area contributed by atoms with Crippen molar-refractivity contribution >= 4 is 11.9 Å². The monoisotopic (exact) mass is 279 g/mol. The quantitative estimate of drug-likeness (QED) is 0.858. The number of rotatable bonds is 4. The SMILES string of the molecule is CN(Cc1cccc(O)c1)C(=O)C1CCC(C(=O)O)O1. The molecule has 2 unspecified atom stereocenters. The summed E-state index contributed by atoms with van der Waals surface area (Å²) in [7, 11) is 1.63. The van der Waals surface area contributed by atoms with Crippen molar-refractivity contribution in [1.29, 1.82) is 0 Å². The zero-order valence-corrected chi connectivity index (χ0v) is 11.2. The van der Waals surface area contributed by atoms with Crippen LogP contribution in [0.2, 0.25) is 0 Å². The smallest absolute Gasteiger partial charge is 0.332 e. The molecule has 1 aromatic rings. The van der Waals surface area contributed by atoms with Crippen LogP contribution in [0, 0.1) is 0 Å². The van der Waals surface area contributed by atoms with Crippen LogP contribution < -0.4 is 0 Å². The molecule has 1 fully saturated rings. The second-order valence-corrected chi connectivity index (χ2v) is 4.89. The highest BCUT2D eigenvalue weighted by molar-refractivity contribution is 5.82. The summed E-state index contributed by atoms with van der Waals surface area (Å²) in [6.45, 7) is 0.338. The van der Waals surface area contributed by atoms with Gasteiger partial charge in [0.1, 0.15) is 11.9 Å². The Morgan fingerprint density at radius 3 is 2.65 bits per heavy atom. The Hall–Kier alpha value is -2.08. The van der Waals surface area contributed by atoms with Gasteiger partial charge in [0.15, 0.2) is 6.10 Å². The number of carboxylic acids is 1. The third-order valence-corrected chi connectivity index (χ3v) is 3.28. The molecule has 2 rings (SSSR count). The maximum atomic E-state index is 12.1. The molecule has 1 aliphatic heterocycles. The van der Waals surface area contributed by atoms with Crippen molar-refractivity contribution in [3.05, 3.63) is 29.8 Å². The number of aromatic hydroxyl groups is 1. The summed E-state index contributed by atoms with van der Waals surface area (Å²) in [5, 5.41) is 18.2.